The zero-order chi connectivity index (χ0) is 13.8. The van der Waals surface area contributed by atoms with E-state index < -0.39 is 0 Å². The molecule has 0 bridgehead atoms. The molecule has 0 saturated carbocycles. The van der Waals surface area contributed by atoms with Gasteiger partial charge in [-0.05, 0) is 42.3 Å². The van der Waals surface area contributed by atoms with E-state index in [9.17, 15) is 9.50 Å². The largest absolute Gasteiger partial charge is 0.508 e. The molecular weight excluding hydrogens is 265 g/mol. The maximum atomic E-state index is 13.0. The van der Waals surface area contributed by atoms with E-state index >= 15 is 0 Å². The molecule has 4 heteroatoms. The number of phenols is 1. The van der Waals surface area contributed by atoms with Gasteiger partial charge in [0.05, 0.1) is 16.8 Å². The first-order valence-electron chi connectivity index (χ1n) is 6.10. The Kier molecular flexibility index (Phi) is 4.27. The smallest absolute Gasteiger partial charge is 0.124 e. The second-order valence-corrected chi connectivity index (χ2v) is 4.73. The molecule has 0 aliphatic carbocycles. The maximum Gasteiger partial charge on any atom is 0.124 e. The van der Waals surface area contributed by atoms with Gasteiger partial charge >= 0.3 is 0 Å². The summed E-state index contributed by atoms with van der Waals surface area (Å²) in [4.78, 5) is 0. The van der Waals surface area contributed by atoms with E-state index in [1.807, 2.05) is 19.1 Å². The van der Waals surface area contributed by atoms with Crippen molar-refractivity contribution in [2.45, 2.75) is 19.4 Å². The first-order chi connectivity index (χ1) is 9.10. The third-order valence-corrected chi connectivity index (χ3v) is 3.28. The molecule has 19 heavy (non-hydrogen) atoms. The summed E-state index contributed by atoms with van der Waals surface area (Å²) in [7, 11) is 0. The normalized spacial score (nSPS) is 12.2. The highest BCUT2D eigenvalue weighted by Crippen LogP contribution is 2.29. The van der Waals surface area contributed by atoms with E-state index in [1.165, 1.54) is 12.1 Å². The highest BCUT2D eigenvalue weighted by Gasteiger charge is 2.11. The fraction of sp³-hybridized carbons (Fsp3) is 0.200. The summed E-state index contributed by atoms with van der Waals surface area (Å²) in [5, 5.41) is 12.9. The number of rotatable bonds is 4. The van der Waals surface area contributed by atoms with Crippen LogP contribution in [0.5, 0.6) is 5.75 Å². The predicted octanol–water partition coefficient (Wildman–Crippen LogP) is 4.75. The molecule has 100 valence electrons. The minimum Gasteiger partial charge on any atom is -0.508 e. The number of benzene rings is 2. The highest BCUT2D eigenvalue weighted by atomic mass is 35.5. The number of hydrogen-bond donors (Lipinski definition) is 2. The molecule has 0 spiro atoms. The number of hydrogen-bond acceptors (Lipinski definition) is 2. The van der Waals surface area contributed by atoms with Gasteiger partial charge in [-0.25, -0.2) is 4.39 Å². The van der Waals surface area contributed by atoms with Gasteiger partial charge in [-0.3, -0.25) is 0 Å². The maximum absolute atomic E-state index is 13.0. The topological polar surface area (TPSA) is 32.3 Å². The lowest BCUT2D eigenvalue weighted by Gasteiger charge is -2.19. The Morgan fingerprint density at radius 3 is 2.47 bits per heavy atom. The number of phenolic OH excluding ortho intramolecular Hbond substituents is 1. The number of halogens is 2. The van der Waals surface area contributed by atoms with E-state index in [-0.39, 0.29) is 17.6 Å². The summed E-state index contributed by atoms with van der Waals surface area (Å²) in [6.07, 6.45) is 0.846. The van der Waals surface area contributed by atoms with Crippen LogP contribution in [0.4, 0.5) is 10.1 Å². The summed E-state index contributed by atoms with van der Waals surface area (Å²) in [5.74, 6) is -0.119. The number of nitrogens with one attached hydrogen (secondary N) is 1. The Bertz CT molecular complexity index is 557. The van der Waals surface area contributed by atoms with Crippen LogP contribution in [0, 0.1) is 5.82 Å². The average Bonchev–Trinajstić information content (AvgIpc) is 2.39. The molecule has 0 aromatic heterocycles. The molecular formula is C15H15ClFNO. The molecule has 2 aromatic rings. The summed E-state index contributed by atoms with van der Waals surface area (Å²) in [5.41, 5.74) is 1.74. The third kappa shape index (κ3) is 3.38. The quantitative estimate of drug-likeness (QED) is 0.846. The van der Waals surface area contributed by atoms with Gasteiger partial charge in [0, 0.05) is 0 Å². The second kappa shape index (κ2) is 5.93. The van der Waals surface area contributed by atoms with Crippen molar-refractivity contribution in [1.82, 2.24) is 0 Å². The minimum atomic E-state index is -0.353. The molecule has 0 heterocycles. The summed E-state index contributed by atoms with van der Waals surface area (Å²) in [6.45, 7) is 2.04. The van der Waals surface area contributed by atoms with Gasteiger partial charge in [-0.15, -0.1) is 0 Å². The van der Waals surface area contributed by atoms with Crippen molar-refractivity contribution < 1.29 is 9.50 Å². The zero-order valence-corrected chi connectivity index (χ0v) is 11.3. The molecule has 0 amide bonds. The summed E-state index contributed by atoms with van der Waals surface area (Å²) >= 11 is 6.00. The fourth-order valence-corrected chi connectivity index (χ4v) is 2.14. The first-order valence-corrected chi connectivity index (χ1v) is 6.48. The lowest BCUT2D eigenvalue weighted by atomic mass is 10.0. The Labute approximate surface area is 116 Å². The van der Waals surface area contributed by atoms with Crippen molar-refractivity contribution in [2.75, 3.05) is 5.32 Å². The fourth-order valence-electron chi connectivity index (χ4n) is 1.92. The molecule has 2 nitrogen and oxygen atoms in total. The average molecular weight is 280 g/mol. The van der Waals surface area contributed by atoms with Crippen molar-refractivity contribution in [3.05, 3.63) is 58.9 Å². The van der Waals surface area contributed by atoms with Gasteiger partial charge in [0.2, 0.25) is 0 Å². The Balaban J connectivity index is 2.21. The van der Waals surface area contributed by atoms with Crippen LogP contribution in [0.3, 0.4) is 0 Å². The first kappa shape index (κ1) is 13.7. The van der Waals surface area contributed by atoms with E-state index in [1.54, 1.807) is 18.2 Å². The van der Waals surface area contributed by atoms with Crippen LogP contribution in [-0.2, 0) is 0 Å². The van der Waals surface area contributed by atoms with Crippen LogP contribution < -0.4 is 5.32 Å². The zero-order valence-electron chi connectivity index (χ0n) is 10.5. The molecule has 2 rings (SSSR count). The van der Waals surface area contributed by atoms with Crippen LogP contribution in [0.25, 0.3) is 0 Å². The molecule has 0 aliphatic rings. The molecule has 0 saturated heterocycles. The van der Waals surface area contributed by atoms with Crippen molar-refractivity contribution >= 4 is 17.3 Å². The Hall–Kier alpha value is -1.74. The van der Waals surface area contributed by atoms with Gasteiger partial charge in [0.1, 0.15) is 11.6 Å². The molecule has 1 unspecified atom stereocenters. The standard InChI is InChI=1S/C15H15ClFNO/c1-2-14(10-3-6-12(19)7-4-10)18-15-8-5-11(17)9-13(15)16/h3-9,14,18-19H,2H2,1H3. The Morgan fingerprint density at radius 2 is 1.89 bits per heavy atom. The number of aromatic hydroxyl groups is 1. The Morgan fingerprint density at radius 1 is 1.21 bits per heavy atom. The van der Waals surface area contributed by atoms with Gasteiger partial charge in [0.15, 0.2) is 0 Å². The SMILES string of the molecule is CCC(Nc1ccc(F)cc1Cl)c1ccc(O)cc1. The van der Waals surface area contributed by atoms with Crippen LogP contribution in [0.2, 0.25) is 5.02 Å². The molecule has 2 aromatic carbocycles. The van der Waals surface area contributed by atoms with E-state index in [0.717, 1.165) is 12.0 Å². The lowest BCUT2D eigenvalue weighted by molar-refractivity contribution is 0.475. The van der Waals surface area contributed by atoms with Crippen LogP contribution in [0.1, 0.15) is 24.9 Å². The number of anilines is 1. The van der Waals surface area contributed by atoms with Gasteiger partial charge < -0.3 is 10.4 Å². The van der Waals surface area contributed by atoms with Gasteiger partial charge in [-0.1, -0.05) is 30.7 Å². The van der Waals surface area contributed by atoms with Crippen LogP contribution in [0.15, 0.2) is 42.5 Å². The molecule has 0 fully saturated rings. The predicted molar refractivity (Wildman–Crippen MR) is 76.2 cm³/mol. The van der Waals surface area contributed by atoms with E-state index in [2.05, 4.69) is 5.32 Å². The molecule has 2 N–H and O–H groups in total. The third-order valence-electron chi connectivity index (χ3n) is 2.96. The van der Waals surface area contributed by atoms with Gasteiger partial charge in [-0.2, -0.15) is 0 Å². The van der Waals surface area contributed by atoms with E-state index in [4.69, 9.17) is 11.6 Å². The lowest BCUT2D eigenvalue weighted by Crippen LogP contribution is -2.09. The van der Waals surface area contributed by atoms with Crippen LogP contribution >= 0.6 is 11.6 Å². The summed E-state index contributed by atoms with van der Waals surface area (Å²) in [6, 6.07) is 11.3. The van der Waals surface area contributed by atoms with Crippen LogP contribution in [-0.4, -0.2) is 5.11 Å². The molecule has 0 aliphatic heterocycles. The molecule has 0 radical (unpaired) electrons. The molecule has 1 atom stereocenters. The second-order valence-electron chi connectivity index (χ2n) is 4.32. The van der Waals surface area contributed by atoms with E-state index in [0.29, 0.717) is 10.7 Å². The van der Waals surface area contributed by atoms with Crippen molar-refractivity contribution in [1.29, 1.82) is 0 Å². The summed E-state index contributed by atoms with van der Waals surface area (Å²) < 4.78 is 13.0. The van der Waals surface area contributed by atoms with Crippen molar-refractivity contribution in [2.24, 2.45) is 0 Å². The minimum absolute atomic E-state index is 0.0589. The highest BCUT2D eigenvalue weighted by molar-refractivity contribution is 6.33. The van der Waals surface area contributed by atoms with Gasteiger partial charge in [0.25, 0.3) is 0 Å². The monoisotopic (exact) mass is 279 g/mol. The van der Waals surface area contributed by atoms with Crippen molar-refractivity contribution in [3.63, 3.8) is 0 Å². The van der Waals surface area contributed by atoms with Crippen molar-refractivity contribution in [3.8, 4) is 5.75 Å².